The van der Waals surface area contributed by atoms with Crippen LogP contribution in [0.1, 0.15) is 30.7 Å². The van der Waals surface area contributed by atoms with Gasteiger partial charge in [0.2, 0.25) is 5.91 Å². The highest BCUT2D eigenvalue weighted by molar-refractivity contribution is 6.08. The molecule has 1 unspecified atom stereocenters. The van der Waals surface area contributed by atoms with Crippen molar-refractivity contribution in [1.82, 2.24) is 15.2 Å². The van der Waals surface area contributed by atoms with E-state index in [0.29, 0.717) is 12.1 Å². The maximum absolute atomic E-state index is 13.4. The average Bonchev–Trinajstić information content (AvgIpc) is 3.06. The van der Waals surface area contributed by atoms with Crippen LogP contribution in [0.15, 0.2) is 60.3 Å². The number of amides is 2. The predicted octanol–water partition coefficient (Wildman–Crippen LogP) is 3.33. The van der Waals surface area contributed by atoms with Crippen molar-refractivity contribution in [1.29, 1.82) is 0 Å². The number of carbonyl (C=O) groups is 2. The zero-order valence-corrected chi connectivity index (χ0v) is 15.8. The van der Waals surface area contributed by atoms with Crippen LogP contribution in [0.4, 0.5) is 0 Å². The van der Waals surface area contributed by atoms with Crippen molar-refractivity contribution in [3.05, 3.63) is 77.1 Å². The average molecular weight is 371 g/mol. The molecular weight excluding hydrogens is 350 g/mol. The van der Waals surface area contributed by atoms with E-state index in [-0.39, 0.29) is 11.8 Å². The normalized spacial score (nSPS) is 22.1. The second-order valence-corrected chi connectivity index (χ2v) is 7.94. The van der Waals surface area contributed by atoms with E-state index in [1.54, 1.807) is 11.0 Å². The Balaban J connectivity index is 1.63. The highest BCUT2D eigenvalue weighted by Crippen LogP contribution is 2.42. The van der Waals surface area contributed by atoms with Crippen molar-refractivity contribution in [2.24, 2.45) is 0 Å². The Labute approximate surface area is 163 Å². The second kappa shape index (κ2) is 5.83. The monoisotopic (exact) mass is 371 g/mol. The molecule has 2 aliphatic rings. The molecule has 5 nitrogen and oxygen atoms in total. The maximum atomic E-state index is 13.4. The molecule has 0 bridgehead atoms. The Bertz CT molecular complexity index is 1140. The number of nitrogens with zero attached hydrogens (tertiary/aromatic N) is 1. The largest absolute Gasteiger partial charge is 0.356 e. The van der Waals surface area contributed by atoms with Gasteiger partial charge in [-0.15, -0.1) is 0 Å². The first-order valence-corrected chi connectivity index (χ1v) is 9.48. The zero-order valence-electron chi connectivity index (χ0n) is 15.8. The van der Waals surface area contributed by atoms with E-state index in [9.17, 15) is 9.59 Å². The molecule has 1 fully saturated rings. The van der Waals surface area contributed by atoms with Gasteiger partial charge in [0.05, 0.1) is 5.54 Å². The number of carbonyl (C=O) groups excluding carboxylic acids is 2. The Morgan fingerprint density at radius 2 is 1.75 bits per heavy atom. The maximum Gasteiger partial charge on any atom is 0.271 e. The minimum absolute atomic E-state index is 0.134. The molecular formula is C23H21N3O2. The standard InChI is InChI=1S/C23H21N3O2/c1-23(2)20-16(15-10-6-7-11-17(15)24-20)13-19-21(27)25-18(22(28)26(19)23)12-14-8-4-3-5-9-14/h3-12,19,24H,13H2,1-2H3,(H,25,27). The summed E-state index contributed by atoms with van der Waals surface area (Å²) in [7, 11) is 0. The van der Waals surface area contributed by atoms with Crippen molar-refractivity contribution < 1.29 is 9.59 Å². The molecule has 140 valence electrons. The van der Waals surface area contributed by atoms with Crippen LogP contribution in [-0.2, 0) is 21.5 Å². The molecule has 28 heavy (non-hydrogen) atoms. The molecule has 2 aromatic carbocycles. The van der Waals surface area contributed by atoms with Crippen molar-refractivity contribution >= 4 is 28.8 Å². The van der Waals surface area contributed by atoms with Crippen LogP contribution in [0.5, 0.6) is 0 Å². The summed E-state index contributed by atoms with van der Waals surface area (Å²) in [4.78, 5) is 31.6. The molecule has 0 spiro atoms. The fourth-order valence-corrected chi connectivity index (χ4v) is 4.55. The topological polar surface area (TPSA) is 65.2 Å². The molecule has 0 radical (unpaired) electrons. The molecule has 1 aromatic heterocycles. The van der Waals surface area contributed by atoms with Crippen molar-refractivity contribution in [3.8, 4) is 0 Å². The van der Waals surface area contributed by atoms with Gasteiger partial charge in [0.15, 0.2) is 0 Å². The molecule has 5 heteroatoms. The molecule has 1 saturated heterocycles. The molecule has 3 aromatic rings. The van der Waals surface area contributed by atoms with Gasteiger partial charge in [0.25, 0.3) is 5.91 Å². The van der Waals surface area contributed by atoms with E-state index in [1.807, 2.05) is 62.4 Å². The number of para-hydroxylation sites is 1. The van der Waals surface area contributed by atoms with E-state index in [4.69, 9.17) is 0 Å². The third-order valence-electron chi connectivity index (χ3n) is 5.86. The zero-order chi connectivity index (χ0) is 19.5. The van der Waals surface area contributed by atoms with Gasteiger partial charge >= 0.3 is 0 Å². The number of piperazine rings is 1. The highest BCUT2D eigenvalue weighted by Gasteiger charge is 2.50. The quantitative estimate of drug-likeness (QED) is 0.645. The molecule has 2 amide bonds. The van der Waals surface area contributed by atoms with Crippen LogP contribution >= 0.6 is 0 Å². The number of nitrogens with one attached hydrogen (secondary N) is 2. The number of hydrogen-bond donors (Lipinski definition) is 2. The van der Waals surface area contributed by atoms with Crippen molar-refractivity contribution in [3.63, 3.8) is 0 Å². The molecule has 2 aliphatic heterocycles. The SMILES string of the molecule is CC1(C)c2[nH]c3ccccc3c2CC2C(=O)NC(=Cc3ccccc3)C(=O)N21. The molecule has 3 heterocycles. The fraction of sp³-hybridized carbons (Fsp3) is 0.217. The lowest BCUT2D eigenvalue weighted by atomic mass is 9.82. The Kier molecular flexibility index (Phi) is 3.50. The van der Waals surface area contributed by atoms with E-state index in [2.05, 4.69) is 16.4 Å². The van der Waals surface area contributed by atoms with Crippen molar-refractivity contribution in [2.45, 2.75) is 31.8 Å². The lowest BCUT2D eigenvalue weighted by Crippen LogP contribution is -2.65. The molecule has 1 atom stereocenters. The molecule has 2 N–H and O–H groups in total. The first-order valence-electron chi connectivity index (χ1n) is 9.48. The van der Waals surface area contributed by atoms with Gasteiger partial charge in [0.1, 0.15) is 11.7 Å². The minimum Gasteiger partial charge on any atom is -0.356 e. The minimum atomic E-state index is -0.623. The van der Waals surface area contributed by atoms with Crippen LogP contribution in [0, 0.1) is 0 Å². The first-order chi connectivity index (χ1) is 13.5. The number of aromatic nitrogens is 1. The first kappa shape index (κ1) is 16.8. The number of hydrogen-bond acceptors (Lipinski definition) is 2. The third kappa shape index (κ3) is 2.32. The molecule has 5 rings (SSSR count). The van der Waals surface area contributed by atoms with Gasteiger partial charge < -0.3 is 15.2 Å². The van der Waals surface area contributed by atoms with Crippen LogP contribution in [0.25, 0.3) is 17.0 Å². The van der Waals surface area contributed by atoms with Gasteiger partial charge in [-0.05, 0) is 37.1 Å². The number of fused-ring (bicyclic) bond motifs is 4. The van der Waals surface area contributed by atoms with Gasteiger partial charge in [-0.1, -0.05) is 48.5 Å². The van der Waals surface area contributed by atoms with Crippen LogP contribution in [-0.4, -0.2) is 27.7 Å². The summed E-state index contributed by atoms with van der Waals surface area (Å²) in [5.74, 6) is -0.284. The van der Waals surface area contributed by atoms with Crippen LogP contribution < -0.4 is 5.32 Å². The molecule has 0 saturated carbocycles. The number of rotatable bonds is 1. The van der Waals surface area contributed by atoms with Crippen molar-refractivity contribution in [2.75, 3.05) is 0 Å². The summed E-state index contributed by atoms with van der Waals surface area (Å²) in [6, 6.07) is 17.1. The Hall–Kier alpha value is -3.34. The smallest absolute Gasteiger partial charge is 0.271 e. The Morgan fingerprint density at radius 1 is 1.04 bits per heavy atom. The summed E-state index contributed by atoms with van der Waals surface area (Å²) < 4.78 is 0. The summed E-state index contributed by atoms with van der Waals surface area (Å²) in [6.07, 6.45) is 2.26. The third-order valence-corrected chi connectivity index (χ3v) is 5.86. The van der Waals surface area contributed by atoms with Gasteiger partial charge in [-0.2, -0.15) is 0 Å². The van der Waals surface area contributed by atoms with E-state index in [0.717, 1.165) is 27.7 Å². The summed E-state index contributed by atoms with van der Waals surface area (Å²) >= 11 is 0. The number of benzene rings is 2. The van der Waals surface area contributed by atoms with E-state index < -0.39 is 11.6 Å². The van der Waals surface area contributed by atoms with Crippen LogP contribution in [0.2, 0.25) is 0 Å². The predicted molar refractivity (Wildman–Crippen MR) is 108 cm³/mol. The summed E-state index contributed by atoms with van der Waals surface area (Å²) in [6.45, 7) is 4.01. The van der Waals surface area contributed by atoms with E-state index >= 15 is 0 Å². The lowest BCUT2D eigenvalue weighted by molar-refractivity contribution is -0.150. The van der Waals surface area contributed by atoms with Gasteiger partial charge in [-0.25, -0.2) is 0 Å². The second-order valence-electron chi connectivity index (χ2n) is 7.94. The van der Waals surface area contributed by atoms with E-state index in [1.165, 1.54) is 0 Å². The summed E-state index contributed by atoms with van der Waals surface area (Å²) in [5.41, 5.74) is 3.74. The highest BCUT2D eigenvalue weighted by atomic mass is 16.2. The fourth-order valence-electron chi connectivity index (χ4n) is 4.55. The van der Waals surface area contributed by atoms with Crippen LogP contribution in [0.3, 0.4) is 0 Å². The lowest BCUT2D eigenvalue weighted by Gasteiger charge is -2.49. The molecule has 0 aliphatic carbocycles. The Morgan fingerprint density at radius 3 is 2.54 bits per heavy atom. The number of H-pyrrole nitrogens is 1. The summed E-state index contributed by atoms with van der Waals surface area (Å²) in [5, 5.41) is 3.96. The van der Waals surface area contributed by atoms with Gasteiger partial charge in [0, 0.05) is 23.0 Å². The number of aromatic amines is 1. The van der Waals surface area contributed by atoms with Gasteiger partial charge in [-0.3, -0.25) is 9.59 Å².